The van der Waals surface area contributed by atoms with Gasteiger partial charge >= 0.3 is 6.09 Å². The molecule has 1 saturated carbocycles. The van der Waals surface area contributed by atoms with Gasteiger partial charge in [0.15, 0.2) is 0 Å². The molecule has 1 heterocycles. The largest absolute Gasteiger partial charge is 0.444 e. The molecule has 3 amide bonds. The third-order valence-corrected chi connectivity index (χ3v) is 6.27. The highest BCUT2D eigenvalue weighted by molar-refractivity contribution is 6.13. The summed E-state index contributed by atoms with van der Waals surface area (Å²) in [5.41, 5.74) is 5.13. The fraction of sp³-hybridized carbons (Fsp3) is 0.462. The smallest absolute Gasteiger partial charge is 0.407 e. The summed E-state index contributed by atoms with van der Waals surface area (Å²) in [6.45, 7) is 5.50. The minimum absolute atomic E-state index is 0.0204. The molecule has 8 heteroatoms. The van der Waals surface area contributed by atoms with Crippen LogP contribution in [0.15, 0.2) is 53.2 Å². The van der Waals surface area contributed by atoms with E-state index in [-0.39, 0.29) is 29.7 Å². The molecular formula is C26H32N4O4. The number of benzene rings is 1. The third kappa shape index (κ3) is 5.73. The van der Waals surface area contributed by atoms with Crippen molar-refractivity contribution in [2.45, 2.75) is 64.5 Å². The minimum atomic E-state index is -0.532. The Morgan fingerprint density at radius 1 is 1.15 bits per heavy atom. The van der Waals surface area contributed by atoms with Crippen LogP contribution in [0.2, 0.25) is 0 Å². The van der Waals surface area contributed by atoms with E-state index in [1.165, 1.54) is 0 Å². The lowest BCUT2D eigenvalue weighted by Crippen LogP contribution is -2.42. The minimum Gasteiger partial charge on any atom is -0.444 e. The standard InChI is InChI=1S/C26H32N4O4/c1-26(2,3)34-25(33)28-18-13-11-16(12-14-18)23(31)27-19-8-6-7-17(15-19)22-20-9-4-5-10-21(20)24(32)30-29-22/h4-8,10,15-16,18,20H,9,11-14H2,1-3H3,(H,27,31)(H,28,33)(H,30,32). The first-order chi connectivity index (χ1) is 16.2. The molecule has 0 saturated heterocycles. The number of fused-ring (bicyclic) bond motifs is 1. The number of hydrogen-bond acceptors (Lipinski definition) is 5. The number of hydrogen-bond donors (Lipinski definition) is 3. The topological polar surface area (TPSA) is 109 Å². The molecule has 0 spiro atoms. The van der Waals surface area contributed by atoms with Gasteiger partial charge in [0.2, 0.25) is 5.91 Å². The number of nitrogens with one attached hydrogen (secondary N) is 3. The van der Waals surface area contributed by atoms with Gasteiger partial charge in [0.05, 0.1) is 5.71 Å². The summed E-state index contributed by atoms with van der Waals surface area (Å²) in [6.07, 6.45) is 8.93. The van der Waals surface area contributed by atoms with Gasteiger partial charge < -0.3 is 15.4 Å². The van der Waals surface area contributed by atoms with E-state index in [2.05, 4.69) is 21.2 Å². The second-order valence-electron chi connectivity index (χ2n) is 10.0. The molecule has 34 heavy (non-hydrogen) atoms. The zero-order chi connectivity index (χ0) is 24.3. The molecule has 1 fully saturated rings. The van der Waals surface area contributed by atoms with Crippen molar-refractivity contribution in [1.82, 2.24) is 10.7 Å². The summed E-state index contributed by atoms with van der Waals surface area (Å²) in [5.74, 6) is -0.380. The average Bonchev–Trinajstić information content (AvgIpc) is 2.79. The monoisotopic (exact) mass is 464 g/mol. The fourth-order valence-electron chi connectivity index (χ4n) is 4.62. The van der Waals surface area contributed by atoms with E-state index in [9.17, 15) is 14.4 Å². The summed E-state index contributed by atoms with van der Waals surface area (Å²) < 4.78 is 5.32. The van der Waals surface area contributed by atoms with E-state index in [4.69, 9.17) is 4.74 Å². The van der Waals surface area contributed by atoms with Crippen LogP contribution in [0.25, 0.3) is 0 Å². The van der Waals surface area contributed by atoms with E-state index >= 15 is 0 Å². The molecule has 2 aliphatic carbocycles. The number of rotatable bonds is 4. The second-order valence-corrected chi connectivity index (χ2v) is 10.0. The third-order valence-electron chi connectivity index (χ3n) is 6.27. The van der Waals surface area contributed by atoms with Crippen LogP contribution in [-0.2, 0) is 14.3 Å². The van der Waals surface area contributed by atoms with E-state index in [1.807, 2.05) is 63.3 Å². The molecule has 0 aromatic heterocycles. The maximum Gasteiger partial charge on any atom is 0.407 e. The Kier molecular flexibility index (Phi) is 6.86. The Bertz CT molecular complexity index is 1060. The SMILES string of the molecule is CC(C)(C)OC(=O)NC1CCC(C(=O)Nc2cccc(C3=NNC(=O)C4=CC=CCC43)c2)CC1. The van der Waals surface area contributed by atoms with Crippen LogP contribution in [0.4, 0.5) is 10.5 Å². The Hall–Kier alpha value is -3.42. The number of allylic oxidation sites excluding steroid dienone is 3. The zero-order valence-corrected chi connectivity index (χ0v) is 19.9. The van der Waals surface area contributed by atoms with Crippen molar-refractivity contribution in [1.29, 1.82) is 0 Å². The molecule has 1 aliphatic heterocycles. The van der Waals surface area contributed by atoms with Crippen molar-refractivity contribution in [2.75, 3.05) is 5.32 Å². The number of hydrazone groups is 1. The van der Waals surface area contributed by atoms with E-state index in [0.717, 1.165) is 30.5 Å². The molecule has 1 unspecified atom stereocenters. The van der Waals surface area contributed by atoms with Crippen LogP contribution in [0.3, 0.4) is 0 Å². The number of anilines is 1. The van der Waals surface area contributed by atoms with Gasteiger partial charge in [0.1, 0.15) is 5.60 Å². The molecule has 8 nitrogen and oxygen atoms in total. The average molecular weight is 465 g/mol. The first-order valence-corrected chi connectivity index (χ1v) is 11.8. The number of nitrogens with zero attached hydrogens (tertiary/aromatic N) is 1. The molecule has 1 atom stereocenters. The number of carbonyl (C=O) groups is 3. The fourth-order valence-corrected chi connectivity index (χ4v) is 4.62. The number of amides is 3. The van der Waals surface area contributed by atoms with Gasteiger partial charge in [-0.1, -0.05) is 30.4 Å². The molecule has 4 rings (SSSR count). The maximum absolute atomic E-state index is 12.9. The Morgan fingerprint density at radius 2 is 1.91 bits per heavy atom. The van der Waals surface area contributed by atoms with Gasteiger partial charge in [-0.3, -0.25) is 9.59 Å². The molecule has 3 aliphatic rings. The quantitative estimate of drug-likeness (QED) is 0.625. The second kappa shape index (κ2) is 9.83. The Balaban J connectivity index is 1.34. The maximum atomic E-state index is 12.9. The number of alkyl carbamates (subject to hydrolysis) is 1. The Labute approximate surface area is 199 Å². The predicted molar refractivity (Wildman–Crippen MR) is 130 cm³/mol. The molecule has 1 aromatic carbocycles. The highest BCUT2D eigenvalue weighted by Crippen LogP contribution is 2.30. The molecular weight excluding hydrogens is 432 g/mol. The van der Waals surface area contributed by atoms with Gasteiger partial charge in [0.25, 0.3) is 5.91 Å². The normalized spacial score (nSPS) is 24.2. The van der Waals surface area contributed by atoms with Crippen LogP contribution in [0, 0.1) is 11.8 Å². The lowest BCUT2D eigenvalue weighted by Gasteiger charge is -2.29. The molecule has 1 aromatic rings. The molecule has 0 bridgehead atoms. The van der Waals surface area contributed by atoms with Gasteiger partial charge in [-0.15, -0.1) is 0 Å². The summed E-state index contributed by atoms with van der Waals surface area (Å²) in [4.78, 5) is 37.0. The van der Waals surface area contributed by atoms with Crippen molar-refractivity contribution >= 4 is 29.3 Å². The highest BCUT2D eigenvalue weighted by atomic mass is 16.6. The van der Waals surface area contributed by atoms with Crippen LogP contribution >= 0.6 is 0 Å². The van der Waals surface area contributed by atoms with Crippen molar-refractivity contribution in [3.05, 3.63) is 53.6 Å². The van der Waals surface area contributed by atoms with Gasteiger partial charge in [0, 0.05) is 34.7 Å². The summed E-state index contributed by atoms with van der Waals surface area (Å²) in [6, 6.07) is 7.60. The molecule has 3 N–H and O–H groups in total. The first kappa shape index (κ1) is 23.7. The summed E-state index contributed by atoms with van der Waals surface area (Å²) in [7, 11) is 0. The number of carbonyl (C=O) groups excluding carboxylic acids is 3. The predicted octanol–water partition coefficient (Wildman–Crippen LogP) is 4.05. The van der Waals surface area contributed by atoms with Crippen LogP contribution in [-0.4, -0.2) is 35.3 Å². The first-order valence-electron chi connectivity index (χ1n) is 11.8. The molecule has 180 valence electrons. The van der Waals surface area contributed by atoms with E-state index in [1.54, 1.807) is 0 Å². The Morgan fingerprint density at radius 3 is 2.65 bits per heavy atom. The van der Waals surface area contributed by atoms with Crippen molar-refractivity contribution < 1.29 is 19.1 Å². The lowest BCUT2D eigenvalue weighted by molar-refractivity contribution is -0.121. The number of ether oxygens (including phenoxy) is 1. The van der Waals surface area contributed by atoms with Gasteiger partial charge in [-0.25, -0.2) is 10.2 Å². The summed E-state index contributed by atoms with van der Waals surface area (Å²) >= 11 is 0. The van der Waals surface area contributed by atoms with Crippen LogP contribution in [0.1, 0.15) is 58.4 Å². The van der Waals surface area contributed by atoms with E-state index in [0.29, 0.717) is 24.1 Å². The van der Waals surface area contributed by atoms with Crippen molar-refractivity contribution in [3.63, 3.8) is 0 Å². The van der Waals surface area contributed by atoms with E-state index < -0.39 is 11.7 Å². The van der Waals surface area contributed by atoms with Crippen molar-refractivity contribution in [3.8, 4) is 0 Å². The summed E-state index contributed by atoms with van der Waals surface area (Å²) in [5, 5.41) is 10.3. The van der Waals surface area contributed by atoms with Gasteiger partial charge in [-0.05, 0) is 65.0 Å². The highest BCUT2D eigenvalue weighted by Gasteiger charge is 2.32. The molecule has 0 radical (unpaired) electrons. The van der Waals surface area contributed by atoms with Crippen molar-refractivity contribution in [2.24, 2.45) is 16.9 Å². The lowest BCUT2D eigenvalue weighted by atomic mass is 9.83. The van der Waals surface area contributed by atoms with Gasteiger partial charge in [-0.2, -0.15) is 5.10 Å². The van der Waals surface area contributed by atoms with Crippen LogP contribution < -0.4 is 16.1 Å². The van der Waals surface area contributed by atoms with Crippen LogP contribution in [0.5, 0.6) is 0 Å². The zero-order valence-electron chi connectivity index (χ0n) is 19.9.